The van der Waals surface area contributed by atoms with Gasteiger partial charge in [0.05, 0.1) is 12.5 Å². The van der Waals surface area contributed by atoms with Gasteiger partial charge in [-0.2, -0.15) is 5.26 Å². The molecule has 1 rings (SSSR count). The molecule has 1 unspecified atom stereocenters. The molecule has 84 valence electrons. The SMILES string of the molecule is CC(C(=O)N(CCC#N)C(C)C)C1CC1. The molecule has 1 aliphatic carbocycles. The lowest BCUT2D eigenvalue weighted by Crippen LogP contribution is -2.41. The second kappa shape index (κ2) is 5.16. The molecule has 0 aliphatic heterocycles. The van der Waals surface area contributed by atoms with Crippen molar-refractivity contribution < 1.29 is 4.79 Å². The molecule has 0 aromatic heterocycles. The van der Waals surface area contributed by atoms with Crippen LogP contribution in [0.2, 0.25) is 0 Å². The van der Waals surface area contributed by atoms with E-state index in [1.807, 2.05) is 25.7 Å². The maximum absolute atomic E-state index is 12.1. The summed E-state index contributed by atoms with van der Waals surface area (Å²) in [5, 5.41) is 8.55. The van der Waals surface area contributed by atoms with Crippen LogP contribution in [0.3, 0.4) is 0 Å². The molecule has 1 saturated carbocycles. The topological polar surface area (TPSA) is 44.1 Å². The first kappa shape index (κ1) is 12.0. The van der Waals surface area contributed by atoms with Crippen molar-refractivity contribution in [2.45, 2.75) is 46.1 Å². The van der Waals surface area contributed by atoms with Crippen LogP contribution in [0.4, 0.5) is 0 Å². The highest BCUT2D eigenvalue weighted by molar-refractivity contribution is 5.79. The van der Waals surface area contributed by atoms with Crippen LogP contribution in [0.1, 0.15) is 40.0 Å². The minimum absolute atomic E-state index is 0.145. The Balaban J connectivity index is 2.53. The van der Waals surface area contributed by atoms with Crippen molar-refractivity contribution in [1.29, 1.82) is 5.26 Å². The molecule has 0 bridgehead atoms. The van der Waals surface area contributed by atoms with Crippen LogP contribution >= 0.6 is 0 Å². The van der Waals surface area contributed by atoms with Crippen LogP contribution in [0, 0.1) is 23.2 Å². The number of hydrogen-bond acceptors (Lipinski definition) is 2. The van der Waals surface area contributed by atoms with Gasteiger partial charge in [0.25, 0.3) is 0 Å². The zero-order chi connectivity index (χ0) is 11.4. The number of carbonyl (C=O) groups excluding carboxylic acids is 1. The first-order valence-electron chi connectivity index (χ1n) is 5.75. The van der Waals surface area contributed by atoms with Crippen molar-refractivity contribution in [1.82, 2.24) is 4.90 Å². The quantitative estimate of drug-likeness (QED) is 0.695. The molecule has 0 heterocycles. The number of amides is 1. The summed E-state index contributed by atoms with van der Waals surface area (Å²) in [6.07, 6.45) is 2.81. The van der Waals surface area contributed by atoms with E-state index in [0.29, 0.717) is 18.9 Å². The number of nitriles is 1. The maximum Gasteiger partial charge on any atom is 0.225 e. The van der Waals surface area contributed by atoms with Gasteiger partial charge in [-0.15, -0.1) is 0 Å². The van der Waals surface area contributed by atoms with Gasteiger partial charge in [-0.1, -0.05) is 6.92 Å². The molecular weight excluding hydrogens is 188 g/mol. The largest absolute Gasteiger partial charge is 0.339 e. The molecule has 15 heavy (non-hydrogen) atoms. The Bertz CT molecular complexity index is 263. The average Bonchev–Trinajstić information content (AvgIpc) is 2.99. The Morgan fingerprint density at radius 1 is 1.47 bits per heavy atom. The van der Waals surface area contributed by atoms with Crippen LogP contribution in [0.25, 0.3) is 0 Å². The molecule has 0 aromatic carbocycles. The monoisotopic (exact) mass is 208 g/mol. The Labute approximate surface area is 92.1 Å². The van der Waals surface area contributed by atoms with Gasteiger partial charge >= 0.3 is 0 Å². The van der Waals surface area contributed by atoms with Gasteiger partial charge < -0.3 is 4.90 Å². The summed E-state index contributed by atoms with van der Waals surface area (Å²) < 4.78 is 0. The van der Waals surface area contributed by atoms with E-state index < -0.39 is 0 Å². The van der Waals surface area contributed by atoms with Crippen LogP contribution in [-0.2, 0) is 4.79 Å². The maximum atomic E-state index is 12.1. The van der Waals surface area contributed by atoms with E-state index in [0.717, 1.165) is 0 Å². The molecule has 1 aliphatic rings. The Morgan fingerprint density at radius 3 is 2.47 bits per heavy atom. The number of nitrogens with zero attached hydrogens (tertiary/aromatic N) is 2. The highest BCUT2D eigenvalue weighted by atomic mass is 16.2. The van der Waals surface area contributed by atoms with E-state index in [1.165, 1.54) is 12.8 Å². The second-order valence-electron chi connectivity index (χ2n) is 4.66. The second-order valence-corrected chi connectivity index (χ2v) is 4.66. The first-order chi connectivity index (χ1) is 7.07. The van der Waals surface area contributed by atoms with Crippen LogP contribution in [-0.4, -0.2) is 23.4 Å². The summed E-state index contributed by atoms with van der Waals surface area (Å²) in [7, 11) is 0. The van der Waals surface area contributed by atoms with Gasteiger partial charge in [-0.25, -0.2) is 0 Å². The Morgan fingerprint density at radius 2 is 2.07 bits per heavy atom. The summed E-state index contributed by atoms with van der Waals surface area (Å²) in [6, 6.07) is 2.30. The van der Waals surface area contributed by atoms with Gasteiger partial charge in [0.1, 0.15) is 0 Å². The molecule has 1 atom stereocenters. The first-order valence-corrected chi connectivity index (χ1v) is 5.75. The lowest BCUT2D eigenvalue weighted by atomic mass is 10.0. The third-order valence-corrected chi connectivity index (χ3v) is 3.09. The molecule has 1 fully saturated rings. The molecule has 3 heteroatoms. The predicted molar refractivity (Wildman–Crippen MR) is 59.0 cm³/mol. The zero-order valence-corrected chi connectivity index (χ0v) is 9.86. The van der Waals surface area contributed by atoms with E-state index in [1.54, 1.807) is 0 Å². The van der Waals surface area contributed by atoms with Crippen molar-refractivity contribution in [2.24, 2.45) is 11.8 Å². The third-order valence-electron chi connectivity index (χ3n) is 3.09. The summed E-state index contributed by atoms with van der Waals surface area (Å²) >= 11 is 0. The lowest BCUT2D eigenvalue weighted by Gasteiger charge is -2.28. The molecule has 0 radical (unpaired) electrons. The van der Waals surface area contributed by atoms with E-state index in [4.69, 9.17) is 5.26 Å². The van der Waals surface area contributed by atoms with E-state index >= 15 is 0 Å². The Kier molecular flexibility index (Phi) is 4.14. The molecule has 0 saturated heterocycles. The average molecular weight is 208 g/mol. The lowest BCUT2D eigenvalue weighted by molar-refractivity contribution is -0.137. The summed E-state index contributed by atoms with van der Waals surface area (Å²) in [5.41, 5.74) is 0. The van der Waals surface area contributed by atoms with Crippen LogP contribution in [0.5, 0.6) is 0 Å². The fraction of sp³-hybridized carbons (Fsp3) is 0.833. The fourth-order valence-corrected chi connectivity index (χ4v) is 1.85. The highest BCUT2D eigenvalue weighted by Crippen LogP contribution is 2.37. The normalized spacial score (nSPS) is 17.3. The molecule has 1 amide bonds. The Hall–Kier alpha value is -1.04. The molecule has 3 nitrogen and oxygen atoms in total. The van der Waals surface area contributed by atoms with E-state index in [2.05, 4.69) is 6.07 Å². The van der Waals surface area contributed by atoms with Crippen molar-refractivity contribution >= 4 is 5.91 Å². The van der Waals surface area contributed by atoms with E-state index in [9.17, 15) is 4.79 Å². The summed E-state index contributed by atoms with van der Waals surface area (Å²) in [4.78, 5) is 13.9. The fourth-order valence-electron chi connectivity index (χ4n) is 1.85. The standard InChI is InChI=1S/C12H20N2O/c1-9(2)14(8-4-7-13)12(15)10(3)11-5-6-11/h9-11H,4-6,8H2,1-3H3. The van der Waals surface area contributed by atoms with Crippen LogP contribution < -0.4 is 0 Å². The molecular formula is C12H20N2O. The minimum Gasteiger partial charge on any atom is -0.339 e. The smallest absolute Gasteiger partial charge is 0.225 e. The summed E-state index contributed by atoms with van der Waals surface area (Å²) in [6.45, 7) is 6.61. The van der Waals surface area contributed by atoms with Gasteiger partial charge in [-0.05, 0) is 32.6 Å². The highest BCUT2D eigenvalue weighted by Gasteiger charge is 2.35. The third kappa shape index (κ3) is 3.23. The zero-order valence-electron chi connectivity index (χ0n) is 9.86. The van der Waals surface area contributed by atoms with E-state index in [-0.39, 0.29) is 17.9 Å². The van der Waals surface area contributed by atoms with Crippen molar-refractivity contribution in [3.8, 4) is 6.07 Å². The van der Waals surface area contributed by atoms with Crippen LogP contribution in [0.15, 0.2) is 0 Å². The van der Waals surface area contributed by atoms with Crippen molar-refractivity contribution in [3.63, 3.8) is 0 Å². The van der Waals surface area contributed by atoms with Gasteiger partial charge in [-0.3, -0.25) is 4.79 Å². The number of rotatable bonds is 5. The van der Waals surface area contributed by atoms with Crippen molar-refractivity contribution in [3.05, 3.63) is 0 Å². The van der Waals surface area contributed by atoms with Gasteiger partial charge in [0, 0.05) is 18.5 Å². The number of hydrogen-bond donors (Lipinski definition) is 0. The van der Waals surface area contributed by atoms with Gasteiger partial charge in [0.15, 0.2) is 0 Å². The summed E-state index contributed by atoms with van der Waals surface area (Å²) in [5.74, 6) is 0.967. The minimum atomic E-state index is 0.145. The number of carbonyl (C=O) groups is 1. The van der Waals surface area contributed by atoms with Gasteiger partial charge in [0.2, 0.25) is 5.91 Å². The molecule has 0 N–H and O–H groups in total. The molecule has 0 spiro atoms. The molecule has 0 aromatic rings. The predicted octanol–water partition coefficient (Wildman–Crippen LogP) is 2.18. The van der Waals surface area contributed by atoms with Crippen molar-refractivity contribution in [2.75, 3.05) is 6.54 Å².